The summed E-state index contributed by atoms with van der Waals surface area (Å²) in [7, 11) is 0. The number of hydrogen-bond donors (Lipinski definition) is 1. The predicted octanol–water partition coefficient (Wildman–Crippen LogP) is 4.43. The van der Waals surface area contributed by atoms with Crippen molar-refractivity contribution in [2.75, 3.05) is 13.2 Å². The molecule has 0 amide bonds. The summed E-state index contributed by atoms with van der Waals surface area (Å²) in [5.74, 6) is 0. The van der Waals surface area contributed by atoms with Gasteiger partial charge in [0.2, 0.25) is 0 Å². The molecule has 1 fully saturated rings. The molecule has 152 valence electrons. The normalized spacial score (nSPS) is 21.6. The Labute approximate surface area is 175 Å². The van der Waals surface area contributed by atoms with Gasteiger partial charge in [-0.2, -0.15) is 0 Å². The van der Waals surface area contributed by atoms with E-state index in [4.69, 9.17) is 15.0 Å². The van der Waals surface area contributed by atoms with Crippen molar-refractivity contribution in [3.63, 3.8) is 0 Å². The Morgan fingerprint density at radius 2 is 1.30 bits per heavy atom. The molecule has 6 nitrogen and oxygen atoms in total. The first kappa shape index (κ1) is 20.1. The fraction of sp³-hybridized carbons (Fsp3) is 0.250. The zero-order valence-corrected chi connectivity index (χ0v) is 16.4. The van der Waals surface area contributed by atoms with Crippen LogP contribution in [0.4, 0.5) is 0 Å². The van der Waals surface area contributed by atoms with Gasteiger partial charge in [-0.15, -0.1) is 0 Å². The average Bonchev–Trinajstić information content (AvgIpc) is 2.82. The van der Waals surface area contributed by atoms with Crippen LogP contribution in [0.5, 0.6) is 0 Å². The van der Waals surface area contributed by atoms with E-state index in [9.17, 15) is 5.11 Å². The second-order valence-electron chi connectivity index (χ2n) is 7.24. The van der Waals surface area contributed by atoms with E-state index in [-0.39, 0.29) is 13.2 Å². The maximum atomic E-state index is 10.9. The number of azide groups is 1. The van der Waals surface area contributed by atoms with Crippen molar-refractivity contribution in [3.8, 4) is 0 Å². The fourth-order valence-corrected chi connectivity index (χ4v) is 3.97. The third-order valence-electron chi connectivity index (χ3n) is 5.41. The molecule has 3 aromatic rings. The Balaban J connectivity index is 1.88. The van der Waals surface area contributed by atoms with Gasteiger partial charge in [-0.25, -0.2) is 0 Å². The highest BCUT2D eigenvalue weighted by molar-refractivity contribution is 5.47. The second kappa shape index (κ2) is 9.11. The number of rotatable bonds is 6. The third-order valence-corrected chi connectivity index (χ3v) is 5.41. The van der Waals surface area contributed by atoms with Gasteiger partial charge in [0.1, 0.15) is 11.7 Å². The van der Waals surface area contributed by atoms with E-state index in [2.05, 4.69) is 10.0 Å². The summed E-state index contributed by atoms with van der Waals surface area (Å²) in [6, 6.07) is 29.1. The Kier molecular flexibility index (Phi) is 6.12. The number of aliphatic hydroxyl groups excluding tert-OH is 1. The molecule has 0 saturated carbocycles. The molecule has 0 radical (unpaired) electrons. The minimum Gasteiger partial charge on any atom is -0.390 e. The minimum atomic E-state index is -0.981. The maximum Gasteiger partial charge on any atom is 0.144 e. The summed E-state index contributed by atoms with van der Waals surface area (Å²) in [5.41, 5.74) is 10.7. The zero-order valence-electron chi connectivity index (χ0n) is 16.4. The molecule has 1 aliphatic heterocycles. The van der Waals surface area contributed by atoms with Crippen LogP contribution < -0.4 is 0 Å². The molecule has 3 aromatic carbocycles. The van der Waals surface area contributed by atoms with E-state index in [1.165, 1.54) is 0 Å². The van der Waals surface area contributed by atoms with E-state index in [0.717, 1.165) is 16.7 Å². The number of ether oxygens (including phenoxy) is 2. The summed E-state index contributed by atoms with van der Waals surface area (Å²) < 4.78 is 12.4. The lowest BCUT2D eigenvalue weighted by Gasteiger charge is -2.42. The molecule has 1 N–H and O–H groups in total. The molecule has 0 spiro atoms. The quantitative estimate of drug-likeness (QED) is 0.287. The van der Waals surface area contributed by atoms with Crippen LogP contribution in [-0.2, 0) is 15.1 Å². The molecule has 1 heterocycles. The van der Waals surface area contributed by atoms with E-state index < -0.39 is 23.9 Å². The van der Waals surface area contributed by atoms with Gasteiger partial charge in [0.05, 0.1) is 25.4 Å². The highest BCUT2D eigenvalue weighted by Gasteiger charge is 2.44. The number of aliphatic hydroxyl groups is 1. The summed E-state index contributed by atoms with van der Waals surface area (Å²) in [6.07, 6.45) is -1.67. The molecule has 0 aliphatic carbocycles. The Morgan fingerprint density at radius 1 is 0.833 bits per heavy atom. The molecule has 0 aromatic heterocycles. The molecule has 6 heteroatoms. The maximum absolute atomic E-state index is 10.9. The molecular weight excluding hydrogens is 378 g/mol. The molecule has 1 unspecified atom stereocenters. The first-order valence-corrected chi connectivity index (χ1v) is 9.90. The molecule has 1 saturated heterocycles. The Bertz CT molecular complexity index is 895. The van der Waals surface area contributed by atoms with Crippen LogP contribution in [0, 0.1) is 0 Å². The smallest absolute Gasteiger partial charge is 0.144 e. The van der Waals surface area contributed by atoms with Crippen LogP contribution >= 0.6 is 0 Å². The number of hydrogen-bond acceptors (Lipinski definition) is 4. The molecule has 0 bridgehead atoms. The minimum absolute atomic E-state index is 0.167. The van der Waals surface area contributed by atoms with E-state index in [1.54, 1.807) is 0 Å². The Morgan fingerprint density at radius 3 is 1.73 bits per heavy atom. The van der Waals surface area contributed by atoms with Crippen molar-refractivity contribution < 1.29 is 14.6 Å². The molecule has 1 aliphatic rings. The summed E-state index contributed by atoms with van der Waals surface area (Å²) in [4.78, 5) is 2.84. The topological polar surface area (TPSA) is 87.5 Å². The second-order valence-corrected chi connectivity index (χ2v) is 7.24. The fourth-order valence-electron chi connectivity index (χ4n) is 3.97. The van der Waals surface area contributed by atoms with Gasteiger partial charge in [0.25, 0.3) is 0 Å². The van der Waals surface area contributed by atoms with Crippen molar-refractivity contribution in [3.05, 3.63) is 118 Å². The summed E-state index contributed by atoms with van der Waals surface area (Å²) in [5, 5.41) is 14.6. The first-order valence-electron chi connectivity index (χ1n) is 9.90. The molecule has 30 heavy (non-hydrogen) atoms. The van der Waals surface area contributed by atoms with Crippen molar-refractivity contribution in [2.45, 2.75) is 23.9 Å². The molecule has 4 rings (SSSR count). The van der Waals surface area contributed by atoms with E-state index >= 15 is 0 Å². The van der Waals surface area contributed by atoms with Gasteiger partial charge in [0.15, 0.2) is 0 Å². The van der Waals surface area contributed by atoms with Crippen molar-refractivity contribution in [2.24, 2.45) is 5.11 Å². The first-order chi connectivity index (χ1) is 14.8. The number of nitrogens with zero attached hydrogens (tertiary/aromatic N) is 3. The largest absolute Gasteiger partial charge is 0.390 e. The molecular formula is C24H23N3O3. The van der Waals surface area contributed by atoms with Crippen LogP contribution in [0.2, 0.25) is 0 Å². The highest BCUT2D eigenvalue weighted by atomic mass is 16.6. The standard InChI is InChI=1S/C24H23N3O3/c25-27-26-21-16-29-17-22(23(21)28)30-24(18-10-4-1-5-11-18,19-12-6-2-7-13-19)20-14-8-3-9-15-20/h1-15,21-23,28H,16-17H2/t21?,22-,23-/m0/s1. The van der Waals surface area contributed by atoms with Gasteiger partial charge >= 0.3 is 0 Å². The van der Waals surface area contributed by atoms with Crippen molar-refractivity contribution in [1.29, 1.82) is 0 Å². The van der Waals surface area contributed by atoms with Crippen LogP contribution in [0.1, 0.15) is 16.7 Å². The van der Waals surface area contributed by atoms with Gasteiger partial charge < -0.3 is 14.6 Å². The highest BCUT2D eigenvalue weighted by Crippen LogP contribution is 2.42. The summed E-state index contributed by atoms with van der Waals surface area (Å²) >= 11 is 0. The van der Waals surface area contributed by atoms with E-state index in [0.29, 0.717) is 0 Å². The van der Waals surface area contributed by atoms with Gasteiger partial charge in [-0.05, 0) is 22.2 Å². The monoisotopic (exact) mass is 401 g/mol. The van der Waals surface area contributed by atoms with Crippen LogP contribution in [0.3, 0.4) is 0 Å². The van der Waals surface area contributed by atoms with Crippen molar-refractivity contribution in [1.82, 2.24) is 0 Å². The van der Waals surface area contributed by atoms with Gasteiger partial charge in [-0.3, -0.25) is 0 Å². The van der Waals surface area contributed by atoms with Crippen LogP contribution in [0.15, 0.2) is 96.1 Å². The van der Waals surface area contributed by atoms with Gasteiger partial charge in [-0.1, -0.05) is 96.1 Å². The van der Waals surface area contributed by atoms with Crippen molar-refractivity contribution >= 4 is 0 Å². The van der Waals surface area contributed by atoms with Crippen LogP contribution in [-0.4, -0.2) is 36.6 Å². The lowest BCUT2D eigenvalue weighted by molar-refractivity contribution is -0.164. The lowest BCUT2D eigenvalue weighted by atomic mass is 9.79. The third kappa shape index (κ3) is 3.82. The Hall–Kier alpha value is -3.15. The average molecular weight is 401 g/mol. The lowest BCUT2D eigenvalue weighted by Crippen LogP contribution is -2.51. The predicted molar refractivity (Wildman–Crippen MR) is 114 cm³/mol. The SMILES string of the molecule is [N-]=[N+]=NC1COC[C@H](OC(c2ccccc2)(c2ccccc2)c2ccccc2)[C@H]1O. The van der Waals surface area contributed by atoms with E-state index in [1.807, 2.05) is 91.0 Å². The number of benzene rings is 3. The van der Waals surface area contributed by atoms with Crippen LogP contribution in [0.25, 0.3) is 10.4 Å². The molecule has 3 atom stereocenters. The summed E-state index contributed by atoms with van der Waals surface area (Å²) in [6.45, 7) is 0.368. The van der Waals surface area contributed by atoms with Gasteiger partial charge in [0, 0.05) is 4.91 Å². The zero-order chi connectivity index (χ0) is 20.8.